The van der Waals surface area contributed by atoms with E-state index in [1.54, 1.807) is 20.8 Å². The fourth-order valence-corrected chi connectivity index (χ4v) is 1.65. The molecule has 0 spiro atoms. The first-order chi connectivity index (χ1) is 9.23. The predicted molar refractivity (Wildman–Crippen MR) is 74.2 cm³/mol. The lowest BCUT2D eigenvalue weighted by Crippen LogP contribution is -2.49. The molecular weight excluding hydrogens is 260 g/mol. The first kappa shape index (κ1) is 16.5. The fourth-order valence-electron chi connectivity index (χ4n) is 1.65. The van der Waals surface area contributed by atoms with Crippen LogP contribution < -0.4 is 10.6 Å². The molecule has 2 amide bonds. The van der Waals surface area contributed by atoms with E-state index < -0.39 is 29.4 Å². The number of ketones is 1. The van der Waals surface area contributed by atoms with E-state index in [1.807, 2.05) is 6.92 Å². The number of amides is 2. The summed E-state index contributed by atoms with van der Waals surface area (Å²) in [6.07, 6.45) is 2.25. The van der Waals surface area contributed by atoms with Gasteiger partial charge in [-0.15, -0.1) is 0 Å². The number of ether oxygens (including phenoxy) is 1. The molecule has 0 radical (unpaired) electrons. The van der Waals surface area contributed by atoms with Gasteiger partial charge in [0.25, 0.3) is 5.91 Å². The molecule has 1 atom stereocenters. The van der Waals surface area contributed by atoms with Crippen LogP contribution in [0.15, 0.2) is 0 Å². The molecule has 20 heavy (non-hydrogen) atoms. The van der Waals surface area contributed by atoms with Crippen molar-refractivity contribution in [2.24, 2.45) is 0 Å². The minimum absolute atomic E-state index is 0.121. The number of hydrogen-bond donors (Lipinski definition) is 2. The van der Waals surface area contributed by atoms with E-state index in [9.17, 15) is 14.4 Å². The van der Waals surface area contributed by atoms with Crippen molar-refractivity contribution in [1.29, 1.82) is 0 Å². The smallest absolute Gasteiger partial charge is 0.408 e. The van der Waals surface area contributed by atoms with E-state index in [-0.39, 0.29) is 6.04 Å². The van der Waals surface area contributed by atoms with Crippen molar-refractivity contribution in [2.75, 3.05) is 0 Å². The second-order valence-corrected chi connectivity index (χ2v) is 6.10. The summed E-state index contributed by atoms with van der Waals surface area (Å²) >= 11 is 0. The Morgan fingerprint density at radius 3 is 2.30 bits per heavy atom. The fraction of sp³-hybridized carbons (Fsp3) is 0.786. The molecule has 1 aliphatic rings. The number of hydrogen-bond acceptors (Lipinski definition) is 4. The minimum atomic E-state index is -0.825. The van der Waals surface area contributed by atoms with Gasteiger partial charge in [-0.25, -0.2) is 4.79 Å². The Hall–Kier alpha value is -1.59. The van der Waals surface area contributed by atoms with E-state index >= 15 is 0 Å². The summed E-state index contributed by atoms with van der Waals surface area (Å²) in [5.41, 5.74) is -0.639. The van der Waals surface area contributed by atoms with Gasteiger partial charge in [0.1, 0.15) is 11.6 Å². The zero-order chi connectivity index (χ0) is 15.3. The topological polar surface area (TPSA) is 84.5 Å². The summed E-state index contributed by atoms with van der Waals surface area (Å²) in [5.74, 6) is -1.23. The van der Waals surface area contributed by atoms with E-state index in [1.165, 1.54) is 0 Å². The molecule has 0 heterocycles. The summed E-state index contributed by atoms with van der Waals surface area (Å²) in [6, 6.07) is -0.705. The zero-order valence-electron chi connectivity index (χ0n) is 12.6. The molecule has 1 rings (SSSR count). The second-order valence-electron chi connectivity index (χ2n) is 6.10. The SMILES string of the molecule is CCCC(NC(=O)OC(C)(C)C)C(=O)C(=O)NC1CC1. The highest BCUT2D eigenvalue weighted by atomic mass is 16.6. The Bertz CT molecular complexity index is 383. The number of alkyl carbamates (subject to hydrolysis) is 1. The lowest BCUT2D eigenvalue weighted by molar-refractivity contribution is -0.139. The van der Waals surface area contributed by atoms with E-state index in [0.29, 0.717) is 12.8 Å². The molecule has 2 N–H and O–H groups in total. The molecule has 114 valence electrons. The van der Waals surface area contributed by atoms with Crippen molar-refractivity contribution < 1.29 is 19.1 Å². The minimum Gasteiger partial charge on any atom is -0.444 e. The summed E-state index contributed by atoms with van der Waals surface area (Å²) < 4.78 is 5.10. The molecule has 0 aromatic rings. The van der Waals surface area contributed by atoms with E-state index in [0.717, 1.165) is 12.8 Å². The van der Waals surface area contributed by atoms with Gasteiger partial charge in [-0.05, 0) is 40.0 Å². The number of carbonyl (C=O) groups excluding carboxylic acids is 3. The van der Waals surface area contributed by atoms with Crippen molar-refractivity contribution in [2.45, 2.75) is 71.1 Å². The van der Waals surface area contributed by atoms with Gasteiger partial charge < -0.3 is 15.4 Å². The van der Waals surface area contributed by atoms with E-state index in [2.05, 4.69) is 10.6 Å². The Morgan fingerprint density at radius 1 is 1.25 bits per heavy atom. The molecular formula is C14H24N2O4. The van der Waals surface area contributed by atoms with Crippen molar-refractivity contribution in [1.82, 2.24) is 10.6 Å². The van der Waals surface area contributed by atoms with Crippen molar-refractivity contribution in [3.05, 3.63) is 0 Å². The Labute approximate surface area is 119 Å². The summed E-state index contributed by atoms with van der Waals surface area (Å²) in [6.45, 7) is 7.10. The molecule has 1 saturated carbocycles. The lowest BCUT2D eigenvalue weighted by atomic mass is 10.1. The summed E-state index contributed by atoms with van der Waals surface area (Å²) in [5, 5.41) is 5.11. The molecule has 1 aliphatic carbocycles. The lowest BCUT2D eigenvalue weighted by Gasteiger charge is -2.22. The second kappa shape index (κ2) is 6.72. The van der Waals surface area contributed by atoms with Gasteiger partial charge in [-0.2, -0.15) is 0 Å². The quantitative estimate of drug-likeness (QED) is 0.724. The molecule has 0 aromatic heterocycles. The van der Waals surface area contributed by atoms with Crippen LogP contribution in [0.25, 0.3) is 0 Å². The number of carbonyl (C=O) groups is 3. The van der Waals surface area contributed by atoms with Crippen LogP contribution in [0.4, 0.5) is 4.79 Å². The van der Waals surface area contributed by atoms with Gasteiger partial charge in [0.15, 0.2) is 0 Å². The Morgan fingerprint density at radius 2 is 1.85 bits per heavy atom. The standard InChI is InChI=1S/C14H24N2O4/c1-5-6-10(16-13(19)20-14(2,3)4)11(17)12(18)15-9-7-8-9/h9-10H,5-8H2,1-4H3,(H,15,18)(H,16,19). The maximum Gasteiger partial charge on any atom is 0.408 e. The molecule has 1 unspecified atom stereocenters. The highest BCUT2D eigenvalue weighted by Crippen LogP contribution is 2.18. The summed E-state index contributed by atoms with van der Waals surface area (Å²) in [4.78, 5) is 35.4. The van der Waals surface area contributed by atoms with Gasteiger partial charge in [0.05, 0.1) is 0 Å². The molecule has 0 bridgehead atoms. The Kier molecular flexibility index (Phi) is 5.53. The molecule has 0 aromatic carbocycles. The third-order valence-corrected chi connectivity index (χ3v) is 2.72. The molecule has 6 heteroatoms. The van der Waals surface area contributed by atoms with Crippen LogP contribution in [0.3, 0.4) is 0 Å². The largest absolute Gasteiger partial charge is 0.444 e. The van der Waals surface area contributed by atoms with Crippen molar-refractivity contribution >= 4 is 17.8 Å². The van der Waals surface area contributed by atoms with Gasteiger partial charge in [0, 0.05) is 6.04 Å². The maximum absolute atomic E-state index is 12.0. The number of nitrogens with one attached hydrogen (secondary N) is 2. The van der Waals surface area contributed by atoms with Gasteiger partial charge >= 0.3 is 6.09 Å². The predicted octanol–water partition coefficient (Wildman–Crippen LogP) is 1.53. The molecule has 0 saturated heterocycles. The van der Waals surface area contributed by atoms with Gasteiger partial charge in [0.2, 0.25) is 5.78 Å². The normalized spacial score (nSPS) is 16.2. The van der Waals surface area contributed by atoms with Crippen LogP contribution in [0, 0.1) is 0 Å². The number of rotatable bonds is 6. The van der Waals surface area contributed by atoms with Gasteiger partial charge in [-0.1, -0.05) is 13.3 Å². The zero-order valence-corrected chi connectivity index (χ0v) is 12.6. The van der Waals surface area contributed by atoms with Crippen LogP contribution in [0.2, 0.25) is 0 Å². The highest BCUT2D eigenvalue weighted by Gasteiger charge is 2.31. The molecule has 1 fully saturated rings. The number of Topliss-reactive ketones (excluding diaryl/α,β-unsaturated/α-hetero) is 1. The van der Waals surface area contributed by atoms with Crippen LogP contribution in [0.5, 0.6) is 0 Å². The monoisotopic (exact) mass is 284 g/mol. The highest BCUT2D eigenvalue weighted by molar-refractivity contribution is 6.38. The average Bonchev–Trinajstić information content (AvgIpc) is 3.08. The Balaban J connectivity index is 2.55. The molecule has 0 aliphatic heterocycles. The van der Waals surface area contributed by atoms with E-state index in [4.69, 9.17) is 4.74 Å². The van der Waals surface area contributed by atoms with Crippen LogP contribution >= 0.6 is 0 Å². The first-order valence-electron chi connectivity index (χ1n) is 7.07. The van der Waals surface area contributed by atoms with Crippen LogP contribution in [-0.2, 0) is 14.3 Å². The van der Waals surface area contributed by atoms with Crippen molar-refractivity contribution in [3.8, 4) is 0 Å². The average molecular weight is 284 g/mol. The maximum atomic E-state index is 12.0. The third kappa shape index (κ3) is 6.04. The molecule has 6 nitrogen and oxygen atoms in total. The van der Waals surface area contributed by atoms with Crippen molar-refractivity contribution in [3.63, 3.8) is 0 Å². The first-order valence-corrected chi connectivity index (χ1v) is 7.07. The van der Waals surface area contributed by atoms with Crippen LogP contribution in [-0.4, -0.2) is 35.5 Å². The third-order valence-electron chi connectivity index (χ3n) is 2.72. The summed E-state index contributed by atoms with van der Waals surface area (Å²) in [7, 11) is 0. The van der Waals surface area contributed by atoms with Crippen LogP contribution in [0.1, 0.15) is 53.4 Å². The van der Waals surface area contributed by atoms with Gasteiger partial charge in [-0.3, -0.25) is 9.59 Å².